The Morgan fingerprint density at radius 1 is 1.14 bits per heavy atom. The van der Waals surface area contributed by atoms with Crippen LogP contribution in [0.4, 0.5) is 0 Å². The van der Waals surface area contributed by atoms with Gasteiger partial charge in [0.05, 0.1) is 12.2 Å². The molecule has 0 aliphatic heterocycles. The molecule has 0 unspecified atom stereocenters. The Morgan fingerprint density at radius 3 is 2.52 bits per heavy atom. The minimum absolute atomic E-state index is 0.00103. The molecular formula is C16H18N2O3. The Kier molecular flexibility index (Phi) is 4.66. The standard InChI is InChI=1S/C16H18N2O3/c1-3-20-13-6-4-5-7-14(13)21-15-10-11(2)8-9-12(15)16(17)18-19/h4-10,19H,3H2,1-2H3,(H2,17,18). The van der Waals surface area contributed by atoms with Gasteiger partial charge in [0.25, 0.3) is 0 Å². The number of hydrogen-bond donors (Lipinski definition) is 2. The van der Waals surface area contributed by atoms with E-state index in [2.05, 4.69) is 5.16 Å². The van der Waals surface area contributed by atoms with Gasteiger partial charge in [0.1, 0.15) is 5.75 Å². The summed E-state index contributed by atoms with van der Waals surface area (Å²) in [5, 5.41) is 11.9. The summed E-state index contributed by atoms with van der Waals surface area (Å²) < 4.78 is 11.4. The molecule has 0 amide bonds. The Hall–Kier alpha value is -2.69. The van der Waals surface area contributed by atoms with Crippen molar-refractivity contribution in [3.8, 4) is 17.2 Å². The molecule has 3 N–H and O–H groups in total. The topological polar surface area (TPSA) is 77.1 Å². The van der Waals surface area contributed by atoms with Crippen LogP contribution in [0.5, 0.6) is 17.2 Å². The number of oxime groups is 1. The van der Waals surface area contributed by atoms with E-state index in [1.165, 1.54) is 0 Å². The molecule has 0 aliphatic rings. The second-order valence-electron chi connectivity index (χ2n) is 4.47. The summed E-state index contributed by atoms with van der Waals surface area (Å²) >= 11 is 0. The molecule has 0 radical (unpaired) electrons. The lowest BCUT2D eigenvalue weighted by Crippen LogP contribution is -2.14. The Labute approximate surface area is 123 Å². The monoisotopic (exact) mass is 286 g/mol. The molecule has 0 saturated heterocycles. The molecule has 5 nitrogen and oxygen atoms in total. The number of benzene rings is 2. The maximum atomic E-state index is 8.87. The van der Waals surface area contributed by atoms with Gasteiger partial charge in [-0.2, -0.15) is 0 Å². The number of para-hydroxylation sites is 2. The molecule has 0 aromatic heterocycles. The minimum Gasteiger partial charge on any atom is -0.490 e. The summed E-state index contributed by atoms with van der Waals surface area (Å²) in [7, 11) is 0. The smallest absolute Gasteiger partial charge is 0.173 e. The summed E-state index contributed by atoms with van der Waals surface area (Å²) in [6, 6.07) is 12.8. The van der Waals surface area contributed by atoms with E-state index in [0.29, 0.717) is 29.4 Å². The minimum atomic E-state index is -0.00103. The number of nitrogens with two attached hydrogens (primary N) is 1. The molecule has 2 rings (SSSR count). The Morgan fingerprint density at radius 2 is 1.86 bits per heavy atom. The molecule has 21 heavy (non-hydrogen) atoms. The van der Waals surface area contributed by atoms with Crippen LogP contribution in [0.25, 0.3) is 0 Å². The molecule has 0 fully saturated rings. The second-order valence-corrected chi connectivity index (χ2v) is 4.47. The normalized spacial score (nSPS) is 11.2. The van der Waals surface area contributed by atoms with Gasteiger partial charge >= 0.3 is 0 Å². The van der Waals surface area contributed by atoms with Gasteiger partial charge in [-0.3, -0.25) is 0 Å². The first kappa shape index (κ1) is 14.7. The fraction of sp³-hybridized carbons (Fsp3) is 0.188. The summed E-state index contributed by atoms with van der Waals surface area (Å²) in [6.07, 6.45) is 0. The third kappa shape index (κ3) is 3.45. The summed E-state index contributed by atoms with van der Waals surface area (Å²) in [4.78, 5) is 0. The van der Waals surface area contributed by atoms with Crippen molar-refractivity contribution < 1.29 is 14.7 Å². The quantitative estimate of drug-likeness (QED) is 0.383. The molecule has 0 atom stereocenters. The second kappa shape index (κ2) is 6.65. The molecule has 0 bridgehead atoms. The zero-order valence-electron chi connectivity index (χ0n) is 12.0. The first-order chi connectivity index (χ1) is 10.2. The number of ether oxygens (including phenoxy) is 2. The van der Waals surface area contributed by atoms with Crippen LogP contribution in [-0.4, -0.2) is 17.6 Å². The van der Waals surface area contributed by atoms with Crippen molar-refractivity contribution in [1.82, 2.24) is 0 Å². The molecule has 2 aromatic rings. The lowest BCUT2D eigenvalue weighted by Gasteiger charge is -2.14. The van der Waals surface area contributed by atoms with Crippen LogP contribution in [-0.2, 0) is 0 Å². The van der Waals surface area contributed by atoms with Gasteiger partial charge in [-0.1, -0.05) is 23.4 Å². The Balaban J connectivity index is 2.42. The van der Waals surface area contributed by atoms with Gasteiger partial charge in [0.2, 0.25) is 0 Å². The highest BCUT2D eigenvalue weighted by Crippen LogP contribution is 2.33. The van der Waals surface area contributed by atoms with E-state index in [-0.39, 0.29) is 5.84 Å². The van der Waals surface area contributed by atoms with E-state index in [0.717, 1.165) is 5.56 Å². The van der Waals surface area contributed by atoms with Crippen LogP contribution >= 0.6 is 0 Å². The van der Waals surface area contributed by atoms with E-state index >= 15 is 0 Å². The van der Waals surface area contributed by atoms with Crippen molar-refractivity contribution in [3.63, 3.8) is 0 Å². The predicted molar refractivity (Wildman–Crippen MR) is 81.4 cm³/mol. The third-order valence-electron chi connectivity index (χ3n) is 2.89. The number of rotatable bonds is 5. The predicted octanol–water partition coefficient (Wildman–Crippen LogP) is 3.28. The van der Waals surface area contributed by atoms with E-state index < -0.39 is 0 Å². The van der Waals surface area contributed by atoms with E-state index in [1.807, 2.05) is 50.2 Å². The van der Waals surface area contributed by atoms with Crippen LogP contribution in [0.1, 0.15) is 18.1 Å². The maximum absolute atomic E-state index is 8.87. The summed E-state index contributed by atoms with van der Waals surface area (Å²) in [5.74, 6) is 1.74. The van der Waals surface area contributed by atoms with Crippen LogP contribution in [0.15, 0.2) is 47.6 Å². The molecule has 0 heterocycles. The van der Waals surface area contributed by atoms with Crippen LogP contribution in [0.3, 0.4) is 0 Å². The van der Waals surface area contributed by atoms with E-state index in [9.17, 15) is 0 Å². The Bertz CT molecular complexity index is 654. The first-order valence-corrected chi connectivity index (χ1v) is 6.64. The summed E-state index contributed by atoms with van der Waals surface area (Å²) in [5.41, 5.74) is 7.21. The lowest BCUT2D eigenvalue weighted by atomic mass is 10.1. The average molecular weight is 286 g/mol. The highest BCUT2D eigenvalue weighted by Gasteiger charge is 2.12. The number of amidine groups is 1. The van der Waals surface area contributed by atoms with Gasteiger partial charge in [0, 0.05) is 0 Å². The fourth-order valence-electron chi connectivity index (χ4n) is 1.91. The largest absolute Gasteiger partial charge is 0.490 e. The first-order valence-electron chi connectivity index (χ1n) is 6.64. The maximum Gasteiger partial charge on any atom is 0.173 e. The fourth-order valence-corrected chi connectivity index (χ4v) is 1.91. The zero-order valence-corrected chi connectivity index (χ0v) is 12.0. The number of aryl methyl sites for hydroxylation is 1. The third-order valence-corrected chi connectivity index (χ3v) is 2.89. The number of nitrogens with zero attached hydrogens (tertiary/aromatic N) is 1. The van der Waals surface area contributed by atoms with Crippen molar-refractivity contribution in [2.45, 2.75) is 13.8 Å². The van der Waals surface area contributed by atoms with Crippen molar-refractivity contribution in [2.75, 3.05) is 6.61 Å². The molecule has 110 valence electrons. The average Bonchev–Trinajstić information content (AvgIpc) is 2.49. The molecule has 0 aliphatic carbocycles. The van der Waals surface area contributed by atoms with Crippen LogP contribution < -0.4 is 15.2 Å². The van der Waals surface area contributed by atoms with Crippen LogP contribution in [0.2, 0.25) is 0 Å². The van der Waals surface area contributed by atoms with E-state index in [1.54, 1.807) is 6.07 Å². The zero-order chi connectivity index (χ0) is 15.2. The lowest BCUT2D eigenvalue weighted by molar-refractivity contribution is 0.317. The SMILES string of the molecule is CCOc1ccccc1Oc1cc(C)ccc1C(N)=NO. The van der Waals surface area contributed by atoms with Crippen molar-refractivity contribution >= 4 is 5.84 Å². The molecular weight excluding hydrogens is 268 g/mol. The van der Waals surface area contributed by atoms with E-state index in [4.69, 9.17) is 20.4 Å². The molecule has 2 aromatic carbocycles. The molecule has 5 heteroatoms. The van der Waals surface area contributed by atoms with Crippen molar-refractivity contribution in [3.05, 3.63) is 53.6 Å². The highest BCUT2D eigenvalue weighted by atomic mass is 16.5. The van der Waals surface area contributed by atoms with Crippen molar-refractivity contribution in [2.24, 2.45) is 10.9 Å². The van der Waals surface area contributed by atoms with Gasteiger partial charge in [-0.25, -0.2) is 0 Å². The highest BCUT2D eigenvalue weighted by molar-refractivity contribution is 5.99. The molecule has 0 saturated carbocycles. The van der Waals surface area contributed by atoms with Gasteiger partial charge < -0.3 is 20.4 Å². The van der Waals surface area contributed by atoms with Crippen LogP contribution in [0, 0.1) is 6.92 Å². The van der Waals surface area contributed by atoms with Gasteiger partial charge in [-0.15, -0.1) is 0 Å². The number of hydrogen-bond acceptors (Lipinski definition) is 4. The van der Waals surface area contributed by atoms with Gasteiger partial charge in [0.15, 0.2) is 17.3 Å². The summed E-state index contributed by atoms with van der Waals surface area (Å²) in [6.45, 7) is 4.39. The van der Waals surface area contributed by atoms with Crippen molar-refractivity contribution in [1.29, 1.82) is 0 Å². The van der Waals surface area contributed by atoms with Gasteiger partial charge in [-0.05, 0) is 43.7 Å². The molecule has 0 spiro atoms.